The van der Waals surface area contributed by atoms with Crippen molar-refractivity contribution in [3.8, 4) is 17.2 Å². The molecular weight excluding hydrogens is 320 g/mol. The lowest BCUT2D eigenvalue weighted by atomic mass is 9.88. The van der Waals surface area contributed by atoms with Crippen LogP contribution in [0.2, 0.25) is 0 Å². The number of methoxy groups -OCH3 is 3. The van der Waals surface area contributed by atoms with E-state index in [4.69, 9.17) is 19.9 Å². The molecule has 132 valence electrons. The topological polar surface area (TPSA) is 74.0 Å². The van der Waals surface area contributed by atoms with E-state index in [0.29, 0.717) is 18.0 Å². The summed E-state index contributed by atoms with van der Waals surface area (Å²) >= 11 is 0. The molecule has 2 atom stereocenters. The van der Waals surface area contributed by atoms with E-state index in [0.717, 1.165) is 16.9 Å². The van der Waals surface area contributed by atoms with Crippen LogP contribution < -0.4 is 19.9 Å². The van der Waals surface area contributed by atoms with Gasteiger partial charge in [0.2, 0.25) is 5.91 Å². The van der Waals surface area contributed by atoms with Crippen molar-refractivity contribution in [3.63, 3.8) is 0 Å². The van der Waals surface area contributed by atoms with Crippen molar-refractivity contribution in [3.05, 3.63) is 53.6 Å². The number of likely N-dealkylation sites (tertiary alicyclic amines) is 1. The van der Waals surface area contributed by atoms with Gasteiger partial charge in [-0.2, -0.15) is 0 Å². The Morgan fingerprint density at radius 2 is 1.64 bits per heavy atom. The number of amides is 1. The first-order valence-corrected chi connectivity index (χ1v) is 8.00. The number of carbonyl (C=O) groups is 1. The van der Waals surface area contributed by atoms with Crippen molar-refractivity contribution >= 4 is 5.91 Å². The van der Waals surface area contributed by atoms with Crippen LogP contribution in [0.3, 0.4) is 0 Å². The van der Waals surface area contributed by atoms with Gasteiger partial charge in [-0.25, -0.2) is 0 Å². The summed E-state index contributed by atoms with van der Waals surface area (Å²) < 4.78 is 15.8. The summed E-state index contributed by atoms with van der Waals surface area (Å²) in [6.45, 7) is 0.462. The van der Waals surface area contributed by atoms with Crippen LogP contribution in [0.5, 0.6) is 17.2 Å². The highest BCUT2D eigenvalue weighted by Gasteiger charge is 2.45. The largest absolute Gasteiger partial charge is 0.497 e. The third kappa shape index (κ3) is 3.13. The van der Waals surface area contributed by atoms with Crippen molar-refractivity contribution in [2.45, 2.75) is 18.6 Å². The molecular formula is C19H22N2O4. The lowest BCUT2D eigenvalue weighted by Gasteiger charge is -2.45. The average Bonchev–Trinajstić information content (AvgIpc) is 2.67. The molecule has 2 unspecified atom stereocenters. The number of ether oxygens (including phenoxy) is 3. The summed E-state index contributed by atoms with van der Waals surface area (Å²) in [4.78, 5) is 14.0. The van der Waals surface area contributed by atoms with E-state index in [1.54, 1.807) is 26.2 Å². The molecule has 2 aromatic carbocycles. The molecule has 6 nitrogen and oxygen atoms in total. The standard InChI is InChI=1S/C19H22N2O4/c1-23-14-7-5-13(6-8-14)18-17(20)19(22)21(18)11-12-4-9-15(24-2)16(10-12)25-3/h4-10,17-18H,11,20H2,1-3H3. The number of rotatable bonds is 6. The van der Waals surface area contributed by atoms with E-state index in [2.05, 4.69) is 0 Å². The van der Waals surface area contributed by atoms with Gasteiger partial charge in [-0.05, 0) is 35.4 Å². The Labute approximate surface area is 147 Å². The molecule has 0 bridgehead atoms. The van der Waals surface area contributed by atoms with Crippen LogP contribution in [0.1, 0.15) is 17.2 Å². The Morgan fingerprint density at radius 3 is 2.24 bits per heavy atom. The third-order valence-corrected chi connectivity index (χ3v) is 4.50. The van der Waals surface area contributed by atoms with Crippen molar-refractivity contribution in [1.82, 2.24) is 4.90 Å². The highest BCUT2D eigenvalue weighted by molar-refractivity contribution is 5.89. The maximum absolute atomic E-state index is 12.3. The first-order chi connectivity index (χ1) is 12.1. The van der Waals surface area contributed by atoms with E-state index in [-0.39, 0.29) is 11.9 Å². The zero-order chi connectivity index (χ0) is 18.0. The van der Waals surface area contributed by atoms with Gasteiger partial charge in [-0.1, -0.05) is 18.2 Å². The molecule has 25 heavy (non-hydrogen) atoms. The highest BCUT2D eigenvalue weighted by atomic mass is 16.5. The number of nitrogens with zero attached hydrogens (tertiary/aromatic N) is 1. The molecule has 1 amide bonds. The number of β-lactam (4-membered cyclic amide) rings is 1. The normalized spacial score (nSPS) is 19.4. The second-order valence-corrected chi connectivity index (χ2v) is 5.90. The minimum atomic E-state index is -0.520. The zero-order valence-corrected chi connectivity index (χ0v) is 14.6. The SMILES string of the molecule is COc1ccc(C2C(N)C(=O)N2Cc2ccc(OC)c(OC)c2)cc1. The number of nitrogens with two attached hydrogens (primary N) is 1. The molecule has 1 heterocycles. The summed E-state index contributed by atoms with van der Waals surface area (Å²) in [6, 6.07) is 12.6. The van der Waals surface area contributed by atoms with E-state index in [1.165, 1.54) is 0 Å². The Morgan fingerprint density at radius 1 is 0.960 bits per heavy atom. The monoisotopic (exact) mass is 342 g/mol. The van der Waals surface area contributed by atoms with Gasteiger partial charge < -0.3 is 24.8 Å². The molecule has 0 saturated carbocycles. The van der Waals surface area contributed by atoms with Crippen molar-refractivity contribution in [2.75, 3.05) is 21.3 Å². The van der Waals surface area contributed by atoms with Crippen molar-refractivity contribution in [2.24, 2.45) is 5.73 Å². The van der Waals surface area contributed by atoms with Crippen LogP contribution in [0.15, 0.2) is 42.5 Å². The first-order valence-electron chi connectivity index (χ1n) is 8.00. The van der Waals surface area contributed by atoms with E-state index in [9.17, 15) is 4.79 Å². The molecule has 1 aliphatic rings. The van der Waals surface area contributed by atoms with Gasteiger partial charge in [-0.3, -0.25) is 4.79 Å². The minimum absolute atomic E-state index is 0.0596. The van der Waals surface area contributed by atoms with Gasteiger partial charge in [0.05, 0.1) is 27.4 Å². The molecule has 1 saturated heterocycles. The average molecular weight is 342 g/mol. The molecule has 0 spiro atoms. The minimum Gasteiger partial charge on any atom is -0.497 e. The molecule has 3 rings (SSSR count). The molecule has 1 fully saturated rings. The van der Waals surface area contributed by atoms with Gasteiger partial charge in [0.25, 0.3) is 0 Å². The predicted octanol–water partition coefficient (Wildman–Crippen LogP) is 2.12. The van der Waals surface area contributed by atoms with Crippen molar-refractivity contribution < 1.29 is 19.0 Å². The number of benzene rings is 2. The Hall–Kier alpha value is -2.73. The summed E-state index contributed by atoms with van der Waals surface area (Å²) in [5, 5.41) is 0. The van der Waals surface area contributed by atoms with Crippen LogP contribution in [0.25, 0.3) is 0 Å². The summed E-state index contributed by atoms with van der Waals surface area (Å²) in [5.41, 5.74) is 8.00. The lowest BCUT2D eigenvalue weighted by Crippen LogP contribution is -2.62. The maximum Gasteiger partial charge on any atom is 0.242 e. The quantitative estimate of drug-likeness (QED) is 0.814. The first kappa shape index (κ1) is 17.1. The molecule has 2 aromatic rings. The lowest BCUT2D eigenvalue weighted by molar-refractivity contribution is -0.150. The third-order valence-electron chi connectivity index (χ3n) is 4.50. The fourth-order valence-corrected chi connectivity index (χ4v) is 3.12. The molecule has 0 aromatic heterocycles. The summed E-state index contributed by atoms with van der Waals surface area (Å²) in [7, 11) is 4.80. The van der Waals surface area contributed by atoms with Gasteiger partial charge in [0, 0.05) is 6.54 Å². The predicted molar refractivity (Wildman–Crippen MR) is 93.8 cm³/mol. The van der Waals surface area contributed by atoms with Crippen LogP contribution in [0.4, 0.5) is 0 Å². The van der Waals surface area contributed by atoms with Gasteiger partial charge in [-0.15, -0.1) is 0 Å². The highest BCUT2D eigenvalue weighted by Crippen LogP contribution is 2.37. The Balaban J connectivity index is 1.81. The molecule has 1 aliphatic heterocycles. The molecule has 0 aliphatic carbocycles. The van der Waals surface area contributed by atoms with Gasteiger partial charge in [0.15, 0.2) is 11.5 Å². The second kappa shape index (κ2) is 7.03. The van der Waals surface area contributed by atoms with Crippen LogP contribution in [-0.4, -0.2) is 38.2 Å². The smallest absolute Gasteiger partial charge is 0.242 e. The maximum atomic E-state index is 12.3. The fourth-order valence-electron chi connectivity index (χ4n) is 3.12. The molecule has 6 heteroatoms. The fraction of sp³-hybridized carbons (Fsp3) is 0.316. The van der Waals surface area contributed by atoms with E-state index < -0.39 is 6.04 Å². The van der Waals surface area contributed by atoms with Crippen LogP contribution >= 0.6 is 0 Å². The molecule has 2 N–H and O–H groups in total. The number of carbonyl (C=O) groups excluding carboxylic acids is 1. The number of hydrogen-bond acceptors (Lipinski definition) is 5. The Bertz CT molecular complexity index is 761. The molecule has 0 radical (unpaired) electrons. The van der Waals surface area contributed by atoms with E-state index >= 15 is 0 Å². The summed E-state index contributed by atoms with van der Waals surface area (Å²) in [5.74, 6) is 2.01. The zero-order valence-electron chi connectivity index (χ0n) is 14.6. The second-order valence-electron chi connectivity index (χ2n) is 5.90. The van der Waals surface area contributed by atoms with Gasteiger partial charge >= 0.3 is 0 Å². The van der Waals surface area contributed by atoms with Gasteiger partial charge in [0.1, 0.15) is 11.8 Å². The number of hydrogen-bond donors (Lipinski definition) is 1. The van der Waals surface area contributed by atoms with Crippen LogP contribution in [-0.2, 0) is 11.3 Å². The Kier molecular flexibility index (Phi) is 4.81. The van der Waals surface area contributed by atoms with E-state index in [1.807, 2.05) is 42.5 Å². The summed E-state index contributed by atoms with van der Waals surface area (Å²) in [6.07, 6.45) is 0. The van der Waals surface area contributed by atoms with Crippen molar-refractivity contribution in [1.29, 1.82) is 0 Å². The van der Waals surface area contributed by atoms with Crippen LogP contribution in [0, 0.1) is 0 Å².